The molecule has 0 saturated heterocycles. The van der Waals surface area contributed by atoms with Gasteiger partial charge in [-0.05, 0) is 13.3 Å². The minimum atomic E-state index is 0.0731. The van der Waals surface area contributed by atoms with E-state index in [2.05, 4.69) is 20.6 Å². The number of anilines is 2. The number of hydrogen-bond donors (Lipinski definition) is 3. The van der Waals surface area contributed by atoms with Gasteiger partial charge in [0.05, 0.1) is 25.6 Å². The zero-order valence-corrected chi connectivity index (χ0v) is 10.1. The number of nitrogens with zero attached hydrogens (tertiary/aromatic N) is 2. The molecule has 0 bridgehead atoms. The summed E-state index contributed by atoms with van der Waals surface area (Å²) < 4.78 is 5.14. The minimum absolute atomic E-state index is 0.0731. The molecule has 0 aliphatic rings. The molecule has 6 nitrogen and oxygen atoms in total. The summed E-state index contributed by atoms with van der Waals surface area (Å²) in [6.07, 6.45) is 4.25. The number of hydrogen-bond acceptors (Lipinski definition) is 6. The summed E-state index contributed by atoms with van der Waals surface area (Å²) in [7, 11) is 0. The highest BCUT2D eigenvalue weighted by Crippen LogP contribution is 2.05. The smallest absolute Gasteiger partial charge is 0.146 e. The Morgan fingerprint density at radius 2 is 2.00 bits per heavy atom. The molecule has 0 radical (unpaired) electrons. The zero-order valence-electron chi connectivity index (χ0n) is 10.1. The van der Waals surface area contributed by atoms with Crippen molar-refractivity contribution in [1.29, 1.82) is 0 Å². The van der Waals surface area contributed by atoms with Gasteiger partial charge in [-0.15, -0.1) is 0 Å². The molecule has 0 unspecified atom stereocenters. The summed E-state index contributed by atoms with van der Waals surface area (Å²) in [6.45, 7) is 4.72. The Balaban J connectivity index is 2.19. The second kappa shape index (κ2) is 8.72. The largest absolute Gasteiger partial charge is 0.394 e. The van der Waals surface area contributed by atoms with Crippen LogP contribution >= 0.6 is 0 Å². The van der Waals surface area contributed by atoms with Crippen molar-refractivity contribution < 1.29 is 9.84 Å². The van der Waals surface area contributed by atoms with Gasteiger partial charge in [0.25, 0.3) is 0 Å². The minimum Gasteiger partial charge on any atom is -0.394 e. The van der Waals surface area contributed by atoms with E-state index in [1.807, 2.05) is 6.92 Å². The van der Waals surface area contributed by atoms with Crippen LogP contribution in [0.1, 0.15) is 13.3 Å². The summed E-state index contributed by atoms with van der Waals surface area (Å²) in [4.78, 5) is 8.41. The molecule has 0 saturated carbocycles. The second-order valence-corrected chi connectivity index (χ2v) is 3.44. The van der Waals surface area contributed by atoms with Gasteiger partial charge in [-0.3, -0.25) is 4.98 Å². The predicted octanol–water partition coefficient (Wildman–Crippen LogP) is 0.719. The van der Waals surface area contributed by atoms with Crippen molar-refractivity contribution in [3.05, 3.63) is 12.4 Å². The van der Waals surface area contributed by atoms with Crippen LogP contribution in [0.3, 0.4) is 0 Å². The average molecular weight is 240 g/mol. The first kappa shape index (κ1) is 13.7. The Morgan fingerprint density at radius 1 is 1.24 bits per heavy atom. The lowest BCUT2D eigenvalue weighted by atomic mass is 10.4. The fourth-order valence-electron chi connectivity index (χ4n) is 1.27. The van der Waals surface area contributed by atoms with Gasteiger partial charge in [-0.25, -0.2) is 4.98 Å². The third-order valence-corrected chi connectivity index (χ3v) is 2.00. The van der Waals surface area contributed by atoms with Crippen molar-refractivity contribution in [3.63, 3.8) is 0 Å². The van der Waals surface area contributed by atoms with Crippen molar-refractivity contribution in [1.82, 2.24) is 9.97 Å². The number of aromatic nitrogens is 2. The van der Waals surface area contributed by atoms with E-state index in [-0.39, 0.29) is 6.61 Å². The topological polar surface area (TPSA) is 79.3 Å². The Hall–Kier alpha value is -1.40. The second-order valence-electron chi connectivity index (χ2n) is 3.44. The van der Waals surface area contributed by atoms with E-state index in [9.17, 15) is 0 Å². The van der Waals surface area contributed by atoms with Crippen molar-refractivity contribution in [2.45, 2.75) is 13.3 Å². The Bertz CT molecular complexity index is 309. The maximum Gasteiger partial charge on any atom is 0.146 e. The monoisotopic (exact) mass is 240 g/mol. The predicted molar refractivity (Wildman–Crippen MR) is 67.2 cm³/mol. The third-order valence-electron chi connectivity index (χ3n) is 2.00. The molecule has 3 N–H and O–H groups in total. The van der Waals surface area contributed by atoms with Crippen LogP contribution in [-0.2, 0) is 4.74 Å². The molecule has 0 aliphatic heterocycles. The molecule has 1 aromatic heterocycles. The molecule has 1 aromatic rings. The lowest BCUT2D eigenvalue weighted by Gasteiger charge is -2.07. The van der Waals surface area contributed by atoms with Crippen LogP contribution < -0.4 is 10.6 Å². The Morgan fingerprint density at radius 3 is 2.71 bits per heavy atom. The Kier molecular flexibility index (Phi) is 7.01. The average Bonchev–Trinajstić information content (AvgIpc) is 2.35. The lowest BCUT2D eigenvalue weighted by molar-refractivity contribution is 0.0922. The van der Waals surface area contributed by atoms with Gasteiger partial charge in [0.1, 0.15) is 11.6 Å². The normalized spacial score (nSPS) is 10.2. The van der Waals surface area contributed by atoms with Gasteiger partial charge >= 0.3 is 0 Å². The van der Waals surface area contributed by atoms with Crippen molar-refractivity contribution >= 4 is 11.6 Å². The maximum atomic E-state index is 8.52. The summed E-state index contributed by atoms with van der Waals surface area (Å²) in [5, 5.41) is 14.8. The Labute approximate surface area is 101 Å². The van der Waals surface area contributed by atoms with E-state index < -0.39 is 0 Å². The van der Waals surface area contributed by atoms with E-state index in [0.717, 1.165) is 31.1 Å². The highest BCUT2D eigenvalue weighted by molar-refractivity contribution is 5.41. The zero-order chi connectivity index (χ0) is 12.3. The standard InChI is InChI=1S/C11H20N4O2/c1-2-13-10-8-12-9-11(15-10)14-4-3-6-17-7-5-16/h8-9,16H,2-7H2,1H3,(H2,13,14,15). The van der Waals surface area contributed by atoms with Crippen LogP contribution in [0.5, 0.6) is 0 Å². The van der Waals surface area contributed by atoms with Crippen LogP contribution in [-0.4, -0.2) is 48.0 Å². The molecule has 1 heterocycles. The molecule has 1 rings (SSSR count). The van der Waals surface area contributed by atoms with Gasteiger partial charge in [0, 0.05) is 19.7 Å². The summed E-state index contributed by atoms with van der Waals surface area (Å²) in [6, 6.07) is 0. The first-order valence-corrected chi connectivity index (χ1v) is 5.85. The molecule has 6 heteroatoms. The first-order chi connectivity index (χ1) is 8.36. The highest BCUT2D eigenvalue weighted by Gasteiger charge is 1.96. The van der Waals surface area contributed by atoms with Gasteiger partial charge in [0.2, 0.25) is 0 Å². The van der Waals surface area contributed by atoms with Crippen molar-refractivity contribution in [2.24, 2.45) is 0 Å². The first-order valence-electron chi connectivity index (χ1n) is 5.85. The summed E-state index contributed by atoms with van der Waals surface area (Å²) in [5.41, 5.74) is 0. The molecule has 96 valence electrons. The molecule has 0 aliphatic carbocycles. The quantitative estimate of drug-likeness (QED) is 0.552. The highest BCUT2D eigenvalue weighted by atomic mass is 16.5. The molecule has 0 fully saturated rings. The van der Waals surface area contributed by atoms with Gasteiger partial charge < -0.3 is 20.5 Å². The van der Waals surface area contributed by atoms with Crippen LogP contribution in [0.2, 0.25) is 0 Å². The van der Waals surface area contributed by atoms with E-state index in [1.54, 1.807) is 12.4 Å². The number of rotatable bonds is 9. The van der Waals surface area contributed by atoms with Crippen LogP contribution in [0.15, 0.2) is 12.4 Å². The lowest BCUT2D eigenvalue weighted by Crippen LogP contribution is -2.09. The van der Waals surface area contributed by atoms with Crippen molar-refractivity contribution in [2.75, 3.05) is 43.5 Å². The maximum absolute atomic E-state index is 8.52. The molecule has 0 aromatic carbocycles. The van der Waals surface area contributed by atoms with Crippen LogP contribution in [0, 0.1) is 0 Å². The third kappa shape index (κ3) is 6.03. The van der Waals surface area contributed by atoms with Crippen molar-refractivity contribution in [3.8, 4) is 0 Å². The van der Waals surface area contributed by atoms with E-state index >= 15 is 0 Å². The molecular weight excluding hydrogens is 220 g/mol. The van der Waals surface area contributed by atoms with Gasteiger partial charge in [0.15, 0.2) is 0 Å². The molecule has 0 amide bonds. The molecule has 17 heavy (non-hydrogen) atoms. The van der Waals surface area contributed by atoms with E-state index in [1.165, 1.54) is 0 Å². The van der Waals surface area contributed by atoms with Crippen LogP contribution in [0.4, 0.5) is 11.6 Å². The fourth-order valence-corrected chi connectivity index (χ4v) is 1.27. The molecule has 0 spiro atoms. The van der Waals surface area contributed by atoms with Gasteiger partial charge in [-0.1, -0.05) is 0 Å². The van der Waals surface area contributed by atoms with Crippen LogP contribution in [0.25, 0.3) is 0 Å². The summed E-state index contributed by atoms with van der Waals surface area (Å²) in [5.74, 6) is 1.53. The number of ether oxygens (including phenoxy) is 1. The molecular formula is C11H20N4O2. The number of nitrogens with one attached hydrogen (secondary N) is 2. The van der Waals surface area contributed by atoms with Gasteiger partial charge in [-0.2, -0.15) is 0 Å². The summed E-state index contributed by atoms with van der Waals surface area (Å²) >= 11 is 0. The molecule has 0 atom stereocenters. The fraction of sp³-hybridized carbons (Fsp3) is 0.636. The number of aliphatic hydroxyl groups is 1. The SMILES string of the molecule is CCNc1cncc(NCCCOCCO)n1. The van der Waals surface area contributed by atoms with E-state index in [0.29, 0.717) is 13.2 Å². The van der Waals surface area contributed by atoms with E-state index in [4.69, 9.17) is 9.84 Å². The number of aliphatic hydroxyl groups excluding tert-OH is 1.